The molecule has 2 N–H and O–H groups in total. The van der Waals surface area contributed by atoms with Gasteiger partial charge in [-0.1, -0.05) is 43.5 Å². The molecular formula is C21H20Cl3NO5. The fourth-order valence-corrected chi connectivity index (χ4v) is 3.02. The minimum Gasteiger partial charge on any atom is -0.460 e. The summed E-state index contributed by atoms with van der Waals surface area (Å²) in [5.74, 6) is -0.0879. The molecular weight excluding hydrogens is 453 g/mol. The van der Waals surface area contributed by atoms with Crippen molar-refractivity contribution in [3.05, 3.63) is 62.9 Å². The van der Waals surface area contributed by atoms with E-state index in [1.54, 1.807) is 12.1 Å². The zero-order valence-electron chi connectivity index (χ0n) is 16.2. The molecule has 0 saturated carbocycles. The molecule has 2 atom stereocenters. The van der Waals surface area contributed by atoms with Crippen LogP contribution < -0.4 is 20.6 Å². The average molecular weight is 473 g/mol. The van der Waals surface area contributed by atoms with E-state index >= 15 is 0 Å². The maximum absolute atomic E-state index is 12.7. The topological polar surface area (TPSA) is 91.8 Å². The van der Waals surface area contributed by atoms with Crippen molar-refractivity contribution in [2.24, 2.45) is 11.7 Å². The maximum atomic E-state index is 12.7. The molecule has 2 aromatic carbocycles. The van der Waals surface area contributed by atoms with E-state index in [9.17, 15) is 9.59 Å². The van der Waals surface area contributed by atoms with Gasteiger partial charge in [0.1, 0.15) is 29.4 Å². The van der Waals surface area contributed by atoms with E-state index in [-0.39, 0.29) is 51.6 Å². The minimum atomic E-state index is -0.734. The number of esters is 1. The first-order chi connectivity index (χ1) is 13.8. The average Bonchev–Trinajstić information content (AvgIpc) is 2.70. The van der Waals surface area contributed by atoms with Gasteiger partial charge in [-0.2, -0.15) is 0 Å². The Kier molecular flexibility index (Phi) is 8.15. The van der Waals surface area contributed by atoms with Crippen LogP contribution in [0.4, 0.5) is 0 Å². The van der Waals surface area contributed by atoms with Gasteiger partial charge in [-0.3, -0.25) is 4.79 Å². The molecule has 0 aliphatic rings. The first-order valence-electron chi connectivity index (χ1n) is 8.96. The van der Waals surface area contributed by atoms with Crippen LogP contribution in [-0.4, -0.2) is 12.0 Å². The Bertz CT molecular complexity index is 1120. The molecule has 160 valence electrons. The van der Waals surface area contributed by atoms with Crippen molar-refractivity contribution in [3.63, 3.8) is 0 Å². The molecule has 0 saturated heterocycles. The van der Waals surface area contributed by atoms with Gasteiger partial charge in [0, 0.05) is 11.1 Å². The second kappa shape index (κ2) is 10.2. The van der Waals surface area contributed by atoms with E-state index in [0.29, 0.717) is 5.02 Å². The number of carbonyl (C=O) groups excluding carboxylic acids is 1. The Morgan fingerprint density at radius 3 is 2.57 bits per heavy atom. The van der Waals surface area contributed by atoms with Crippen molar-refractivity contribution >= 4 is 52.5 Å². The molecule has 1 aromatic heterocycles. The third kappa shape index (κ3) is 5.26. The lowest BCUT2D eigenvalue weighted by Crippen LogP contribution is -2.39. The van der Waals surface area contributed by atoms with Crippen molar-refractivity contribution in [2.75, 3.05) is 0 Å². The normalized spacial score (nSPS) is 12.7. The molecule has 0 radical (unpaired) electrons. The highest BCUT2D eigenvalue weighted by atomic mass is 35.5. The Hall–Kier alpha value is -2.25. The van der Waals surface area contributed by atoms with E-state index in [4.69, 9.17) is 42.8 Å². The predicted molar refractivity (Wildman–Crippen MR) is 119 cm³/mol. The summed E-state index contributed by atoms with van der Waals surface area (Å²) in [6.07, 6.45) is 1.93. The molecule has 0 amide bonds. The Morgan fingerprint density at radius 1 is 1.17 bits per heavy atom. The molecule has 0 fully saturated rings. The first-order valence-corrected chi connectivity index (χ1v) is 9.71. The number of fused-ring (bicyclic) bond motifs is 1. The number of carbonyl (C=O) groups is 1. The van der Waals surface area contributed by atoms with E-state index < -0.39 is 17.4 Å². The Balaban J connectivity index is 0.00000320. The fourth-order valence-electron chi connectivity index (χ4n) is 2.57. The smallest absolute Gasteiger partial charge is 0.328 e. The Morgan fingerprint density at radius 2 is 1.90 bits per heavy atom. The SMILES string of the molecule is CCC(C)C(N)C(=O)Oc1ccc2c(=O)c(Oc3ccc(Cl)cc3Cl)coc2c1.Cl. The van der Waals surface area contributed by atoms with E-state index in [1.165, 1.54) is 30.5 Å². The third-order valence-corrected chi connectivity index (χ3v) is 5.11. The van der Waals surface area contributed by atoms with Crippen molar-refractivity contribution in [2.45, 2.75) is 26.3 Å². The summed E-state index contributed by atoms with van der Waals surface area (Å²) in [6, 6.07) is 8.37. The largest absolute Gasteiger partial charge is 0.460 e. The van der Waals surface area contributed by atoms with Gasteiger partial charge in [-0.25, -0.2) is 4.79 Å². The lowest BCUT2D eigenvalue weighted by molar-refractivity contribution is -0.137. The van der Waals surface area contributed by atoms with Crippen LogP contribution in [-0.2, 0) is 4.79 Å². The van der Waals surface area contributed by atoms with Crippen LogP contribution in [0.1, 0.15) is 20.3 Å². The van der Waals surface area contributed by atoms with Gasteiger partial charge in [0.05, 0.1) is 10.4 Å². The summed E-state index contributed by atoms with van der Waals surface area (Å²) in [4.78, 5) is 24.8. The molecule has 0 aliphatic carbocycles. The molecule has 2 unspecified atom stereocenters. The second-order valence-corrected chi connectivity index (χ2v) is 7.44. The summed E-state index contributed by atoms with van der Waals surface area (Å²) in [5.41, 5.74) is 5.73. The lowest BCUT2D eigenvalue weighted by Gasteiger charge is -2.16. The molecule has 0 bridgehead atoms. The first kappa shape index (κ1) is 24.0. The minimum absolute atomic E-state index is 0. The van der Waals surface area contributed by atoms with Gasteiger partial charge < -0.3 is 19.6 Å². The molecule has 6 nitrogen and oxygen atoms in total. The van der Waals surface area contributed by atoms with E-state index in [1.807, 2.05) is 13.8 Å². The molecule has 3 aromatic rings. The quantitative estimate of drug-likeness (QED) is 0.371. The predicted octanol–water partition coefficient (Wildman–Crippen LogP) is 5.59. The van der Waals surface area contributed by atoms with Crippen LogP contribution in [0.25, 0.3) is 11.0 Å². The van der Waals surface area contributed by atoms with E-state index in [2.05, 4.69) is 0 Å². The zero-order valence-corrected chi connectivity index (χ0v) is 18.5. The van der Waals surface area contributed by atoms with Crippen LogP contribution >= 0.6 is 35.6 Å². The summed E-state index contributed by atoms with van der Waals surface area (Å²) in [5, 5.41) is 0.971. The standard InChI is InChI=1S/C21H19Cl2NO5.ClH/c1-3-11(2)19(24)21(26)28-13-5-6-14-17(9-13)27-10-18(20(14)25)29-16-7-4-12(22)8-15(16)23;/h4-11,19H,3,24H2,1-2H3;1H. The molecule has 30 heavy (non-hydrogen) atoms. The summed E-state index contributed by atoms with van der Waals surface area (Å²) in [6.45, 7) is 3.82. The number of rotatable bonds is 6. The van der Waals surface area contributed by atoms with Gasteiger partial charge in [-0.15, -0.1) is 12.4 Å². The summed E-state index contributed by atoms with van der Waals surface area (Å²) >= 11 is 11.9. The van der Waals surface area contributed by atoms with Crippen LogP contribution in [0.15, 0.2) is 51.9 Å². The number of hydrogen-bond acceptors (Lipinski definition) is 6. The van der Waals surface area contributed by atoms with E-state index in [0.717, 1.165) is 6.42 Å². The number of nitrogens with two attached hydrogens (primary N) is 1. The van der Waals surface area contributed by atoms with Crippen molar-refractivity contribution < 1.29 is 18.7 Å². The third-order valence-electron chi connectivity index (χ3n) is 4.58. The van der Waals surface area contributed by atoms with Gasteiger partial charge in [0.15, 0.2) is 0 Å². The fraction of sp³-hybridized carbons (Fsp3) is 0.238. The highest BCUT2D eigenvalue weighted by molar-refractivity contribution is 6.35. The Labute approximate surface area is 189 Å². The van der Waals surface area contributed by atoms with Crippen LogP contribution in [0.2, 0.25) is 10.0 Å². The van der Waals surface area contributed by atoms with Crippen LogP contribution in [0.3, 0.4) is 0 Å². The monoisotopic (exact) mass is 471 g/mol. The van der Waals surface area contributed by atoms with Crippen LogP contribution in [0.5, 0.6) is 17.2 Å². The molecule has 3 rings (SSSR count). The maximum Gasteiger partial charge on any atom is 0.328 e. The van der Waals surface area contributed by atoms with Crippen molar-refractivity contribution in [1.82, 2.24) is 0 Å². The van der Waals surface area contributed by atoms with Crippen molar-refractivity contribution in [3.8, 4) is 17.2 Å². The highest BCUT2D eigenvalue weighted by Crippen LogP contribution is 2.31. The number of halogens is 3. The molecule has 1 heterocycles. The zero-order chi connectivity index (χ0) is 21.1. The summed E-state index contributed by atoms with van der Waals surface area (Å²) < 4.78 is 16.4. The van der Waals surface area contributed by atoms with Gasteiger partial charge in [0.2, 0.25) is 11.2 Å². The van der Waals surface area contributed by atoms with Gasteiger partial charge in [0.25, 0.3) is 0 Å². The molecule has 9 heteroatoms. The number of benzene rings is 2. The number of ether oxygens (including phenoxy) is 2. The summed E-state index contributed by atoms with van der Waals surface area (Å²) in [7, 11) is 0. The van der Waals surface area contributed by atoms with Gasteiger partial charge >= 0.3 is 5.97 Å². The highest BCUT2D eigenvalue weighted by Gasteiger charge is 2.22. The number of hydrogen-bond donors (Lipinski definition) is 1. The lowest BCUT2D eigenvalue weighted by atomic mass is 10.0. The van der Waals surface area contributed by atoms with Crippen LogP contribution in [0, 0.1) is 5.92 Å². The molecule has 0 spiro atoms. The molecule has 0 aliphatic heterocycles. The van der Waals surface area contributed by atoms with Gasteiger partial charge in [-0.05, 0) is 36.2 Å². The second-order valence-electron chi connectivity index (χ2n) is 6.60. The van der Waals surface area contributed by atoms with Crippen molar-refractivity contribution in [1.29, 1.82) is 0 Å².